The molecule has 156 valence electrons. The van der Waals surface area contributed by atoms with E-state index in [-0.39, 0.29) is 23.3 Å². The number of nitrogens with zero attached hydrogens (tertiary/aromatic N) is 4. The van der Waals surface area contributed by atoms with Crippen LogP contribution in [0.15, 0.2) is 53.7 Å². The fourth-order valence-corrected chi connectivity index (χ4v) is 3.72. The summed E-state index contributed by atoms with van der Waals surface area (Å²) in [4.78, 5) is 24.8. The zero-order chi connectivity index (χ0) is 21.1. The maximum absolute atomic E-state index is 12.4. The molecule has 0 spiro atoms. The summed E-state index contributed by atoms with van der Waals surface area (Å²) in [5.41, 5.74) is 1.96. The van der Waals surface area contributed by atoms with Gasteiger partial charge in [-0.2, -0.15) is 8.78 Å². The first-order valence-electron chi connectivity index (χ1n) is 9.68. The van der Waals surface area contributed by atoms with Crippen molar-refractivity contribution in [3.63, 3.8) is 0 Å². The number of anilines is 1. The van der Waals surface area contributed by atoms with Gasteiger partial charge in [-0.15, -0.1) is 0 Å². The molecule has 2 atom stereocenters. The molecule has 0 aromatic carbocycles. The van der Waals surface area contributed by atoms with Crippen LogP contribution in [0.4, 0.5) is 14.7 Å². The third kappa shape index (κ3) is 4.45. The molecule has 0 radical (unpaired) electrons. The van der Waals surface area contributed by atoms with E-state index in [4.69, 9.17) is 0 Å². The molecule has 30 heavy (non-hydrogen) atoms. The molecule has 3 heterocycles. The minimum absolute atomic E-state index is 0.0262. The summed E-state index contributed by atoms with van der Waals surface area (Å²) in [5.74, 6) is 0.653. The lowest BCUT2D eigenvalue weighted by molar-refractivity contribution is -0.0507. The molecule has 1 N–H and O–H groups in total. The number of hydrogen-bond donors (Lipinski definition) is 1. The molecule has 1 fully saturated rings. The first-order valence-corrected chi connectivity index (χ1v) is 9.68. The van der Waals surface area contributed by atoms with Gasteiger partial charge in [-0.25, -0.2) is 9.97 Å². The van der Waals surface area contributed by atoms with E-state index in [2.05, 4.69) is 25.0 Å². The Morgan fingerprint density at radius 3 is 2.73 bits per heavy atom. The molecule has 0 saturated heterocycles. The minimum atomic E-state index is -2.90. The van der Waals surface area contributed by atoms with Gasteiger partial charge in [0, 0.05) is 29.9 Å². The van der Waals surface area contributed by atoms with Gasteiger partial charge >= 0.3 is 6.61 Å². The van der Waals surface area contributed by atoms with Crippen molar-refractivity contribution in [3.05, 3.63) is 70.7 Å². The lowest BCUT2D eigenvalue weighted by atomic mass is 10.0. The third-order valence-corrected chi connectivity index (χ3v) is 5.21. The Bertz CT molecular complexity index is 1070. The van der Waals surface area contributed by atoms with Gasteiger partial charge in [-0.3, -0.25) is 14.3 Å². The van der Waals surface area contributed by atoms with Crippen LogP contribution in [0.5, 0.6) is 5.75 Å². The fraction of sp³-hybridized carbons (Fsp3) is 0.333. The molecule has 1 aliphatic carbocycles. The average molecular weight is 413 g/mol. The summed E-state index contributed by atoms with van der Waals surface area (Å²) >= 11 is 0. The van der Waals surface area contributed by atoms with Crippen molar-refractivity contribution in [3.8, 4) is 11.4 Å². The van der Waals surface area contributed by atoms with Crippen LogP contribution in [-0.2, 0) is 0 Å². The average Bonchev–Trinajstić information content (AvgIpc) is 3.19. The maximum Gasteiger partial charge on any atom is 0.387 e. The van der Waals surface area contributed by atoms with Crippen molar-refractivity contribution in [1.82, 2.24) is 19.5 Å². The number of pyridine rings is 2. The summed E-state index contributed by atoms with van der Waals surface area (Å²) in [6.07, 6.45) is 7.43. The van der Waals surface area contributed by atoms with E-state index in [1.54, 1.807) is 36.0 Å². The molecule has 0 bridgehead atoms. The highest BCUT2D eigenvalue weighted by atomic mass is 19.3. The second-order valence-corrected chi connectivity index (χ2v) is 7.22. The number of alkyl halides is 2. The highest BCUT2D eigenvalue weighted by molar-refractivity contribution is 5.35. The standard InChI is InChI=1S/C21H21F2N5O2/c1-13-18(30-20(22)23)12-25-21(26-13)27-15-6-5-14(10-15)17-8-7-16(11-24-17)28-9-3-2-4-19(28)29/h2-4,7-9,11-12,14-15,20H,5-6,10H2,1H3,(H,25,26,27)/t14-,15-/m0/s1. The second kappa shape index (κ2) is 8.56. The molecule has 4 rings (SSSR count). The van der Waals surface area contributed by atoms with Crippen LogP contribution in [0.2, 0.25) is 0 Å². The van der Waals surface area contributed by atoms with E-state index in [1.807, 2.05) is 12.1 Å². The predicted molar refractivity (Wildman–Crippen MR) is 107 cm³/mol. The summed E-state index contributed by atoms with van der Waals surface area (Å²) in [7, 11) is 0. The predicted octanol–water partition coefficient (Wildman–Crippen LogP) is 3.68. The molecule has 7 nitrogen and oxygen atoms in total. The van der Waals surface area contributed by atoms with Crippen LogP contribution < -0.4 is 15.6 Å². The quantitative estimate of drug-likeness (QED) is 0.664. The maximum atomic E-state index is 12.4. The molecule has 0 aliphatic heterocycles. The summed E-state index contributed by atoms with van der Waals surface area (Å²) < 4.78 is 30.6. The number of hydrogen-bond acceptors (Lipinski definition) is 6. The van der Waals surface area contributed by atoms with E-state index < -0.39 is 6.61 Å². The van der Waals surface area contributed by atoms with E-state index in [0.717, 1.165) is 30.6 Å². The second-order valence-electron chi connectivity index (χ2n) is 7.22. The summed E-state index contributed by atoms with van der Waals surface area (Å²) in [5, 5.41) is 3.27. The van der Waals surface area contributed by atoms with Gasteiger partial charge < -0.3 is 10.1 Å². The topological polar surface area (TPSA) is 81.9 Å². The van der Waals surface area contributed by atoms with Gasteiger partial charge in [0.2, 0.25) is 5.95 Å². The van der Waals surface area contributed by atoms with Gasteiger partial charge in [0.25, 0.3) is 5.56 Å². The van der Waals surface area contributed by atoms with Crippen LogP contribution in [0.25, 0.3) is 5.69 Å². The first kappa shape index (κ1) is 19.9. The normalized spacial score (nSPS) is 18.5. The van der Waals surface area contributed by atoms with Crippen molar-refractivity contribution < 1.29 is 13.5 Å². The minimum Gasteiger partial charge on any atom is -0.431 e. The van der Waals surface area contributed by atoms with Gasteiger partial charge in [-0.1, -0.05) is 6.07 Å². The highest BCUT2D eigenvalue weighted by Gasteiger charge is 2.27. The van der Waals surface area contributed by atoms with Crippen LogP contribution >= 0.6 is 0 Å². The number of rotatable bonds is 6. The zero-order valence-corrected chi connectivity index (χ0v) is 16.3. The SMILES string of the molecule is Cc1nc(N[C@H]2CC[C@H](c3ccc(-n4ccccc4=O)cn3)C2)ncc1OC(F)F. The van der Waals surface area contributed by atoms with Crippen molar-refractivity contribution in [1.29, 1.82) is 0 Å². The summed E-state index contributed by atoms with van der Waals surface area (Å²) in [6, 6.07) is 9.04. The molecular weight excluding hydrogens is 392 g/mol. The zero-order valence-electron chi connectivity index (χ0n) is 16.3. The Hall–Kier alpha value is -3.36. The number of aromatic nitrogens is 4. The number of nitrogens with one attached hydrogen (secondary N) is 1. The highest BCUT2D eigenvalue weighted by Crippen LogP contribution is 2.35. The van der Waals surface area contributed by atoms with Crippen molar-refractivity contribution >= 4 is 5.95 Å². The van der Waals surface area contributed by atoms with Crippen LogP contribution in [0.3, 0.4) is 0 Å². The molecular formula is C21H21F2N5O2. The van der Waals surface area contributed by atoms with Crippen LogP contribution in [0.1, 0.15) is 36.6 Å². The van der Waals surface area contributed by atoms with Gasteiger partial charge in [0.05, 0.1) is 23.8 Å². The summed E-state index contributed by atoms with van der Waals surface area (Å²) in [6.45, 7) is -1.30. The Labute approximate surface area is 171 Å². The lowest BCUT2D eigenvalue weighted by Gasteiger charge is -2.15. The molecule has 0 unspecified atom stereocenters. The monoisotopic (exact) mass is 413 g/mol. The van der Waals surface area contributed by atoms with Gasteiger partial charge in [0.1, 0.15) is 0 Å². The molecule has 9 heteroatoms. The van der Waals surface area contributed by atoms with E-state index >= 15 is 0 Å². The first-order chi connectivity index (χ1) is 14.5. The van der Waals surface area contributed by atoms with Crippen LogP contribution in [0, 0.1) is 6.92 Å². The fourth-order valence-electron chi connectivity index (χ4n) is 3.72. The molecule has 1 aliphatic rings. The molecule has 1 saturated carbocycles. The van der Waals surface area contributed by atoms with E-state index in [0.29, 0.717) is 11.6 Å². The number of aryl methyl sites for hydroxylation is 1. The van der Waals surface area contributed by atoms with Crippen LogP contribution in [-0.4, -0.2) is 32.2 Å². The molecule has 0 amide bonds. The Morgan fingerprint density at radius 1 is 1.17 bits per heavy atom. The van der Waals surface area contributed by atoms with E-state index in [1.165, 1.54) is 12.3 Å². The largest absolute Gasteiger partial charge is 0.431 e. The Balaban J connectivity index is 1.39. The van der Waals surface area contributed by atoms with Crippen molar-refractivity contribution in [2.75, 3.05) is 5.32 Å². The number of ether oxygens (including phenoxy) is 1. The van der Waals surface area contributed by atoms with Crippen molar-refractivity contribution in [2.45, 2.75) is 44.8 Å². The molecule has 3 aromatic rings. The van der Waals surface area contributed by atoms with Crippen molar-refractivity contribution in [2.24, 2.45) is 0 Å². The van der Waals surface area contributed by atoms with Gasteiger partial charge in [0.15, 0.2) is 5.75 Å². The number of halogens is 2. The lowest BCUT2D eigenvalue weighted by Crippen LogP contribution is -2.18. The molecule has 3 aromatic heterocycles. The Kier molecular flexibility index (Phi) is 5.69. The smallest absolute Gasteiger partial charge is 0.387 e. The van der Waals surface area contributed by atoms with E-state index in [9.17, 15) is 13.6 Å². The third-order valence-electron chi connectivity index (χ3n) is 5.21. The Morgan fingerprint density at radius 2 is 2.03 bits per heavy atom. The van der Waals surface area contributed by atoms with Gasteiger partial charge in [-0.05, 0) is 44.4 Å².